The van der Waals surface area contributed by atoms with Gasteiger partial charge in [0.1, 0.15) is 12.4 Å². The van der Waals surface area contributed by atoms with Gasteiger partial charge in [0.05, 0.1) is 11.6 Å². The summed E-state index contributed by atoms with van der Waals surface area (Å²) >= 11 is 0. The van der Waals surface area contributed by atoms with Crippen molar-refractivity contribution >= 4 is 0 Å². The van der Waals surface area contributed by atoms with Crippen molar-refractivity contribution in [2.75, 3.05) is 6.61 Å². The molecule has 0 saturated heterocycles. The number of halogens is 2. The molecule has 2 rings (SSSR count). The number of hydrogen-bond acceptors (Lipinski definition) is 2. The minimum atomic E-state index is -2.50. The zero-order chi connectivity index (χ0) is 9.42. The lowest BCUT2D eigenvalue weighted by atomic mass is 10.1. The molecule has 0 radical (unpaired) electrons. The van der Waals surface area contributed by atoms with Crippen molar-refractivity contribution in [3.05, 3.63) is 29.3 Å². The van der Waals surface area contributed by atoms with E-state index < -0.39 is 6.43 Å². The summed E-state index contributed by atoms with van der Waals surface area (Å²) in [5.41, 5.74) is 6.26. The van der Waals surface area contributed by atoms with Gasteiger partial charge in [-0.1, -0.05) is 12.1 Å². The fourth-order valence-electron chi connectivity index (χ4n) is 1.47. The van der Waals surface area contributed by atoms with Crippen molar-refractivity contribution in [3.63, 3.8) is 0 Å². The second kappa shape index (κ2) is 2.96. The molecule has 0 aliphatic carbocycles. The summed E-state index contributed by atoms with van der Waals surface area (Å²) in [4.78, 5) is 0. The minimum absolute atomic E-state index is 0.0644. The molecule has 70 valence electrons. The summed E-state index contributed by atoms with van der Waals surface area (Å²) in [6, 6.07) is 4.39. The van der Waals surface area contributed by atoms with Gasteiger partial charge in [-0.15, -0.1) is 0 Å². The Morgan fingerprint density at radius 1 is 1.46 bits per heavy atom. The Hall–Kier alpha value is -1.16. The maximum absolute atomic E-state index is 12.4. The van der Waals surface area contributed by atoms with E-state index in [4.69, 9.17) is 10.5 Å². The van der Waals surface area contributed by atoms with Crippen LogP contribution in [-0.2, 0) is 0 Å². The molecular formula is C9H9F2NO. The van der Waals surface area contributed by atoms with Crippen LogP contribution in [0.15, 0.2) is 18.2 Å². The maximum atomic E-state index is 12.4. The lowest BCUT2D eigenvalue weighted by molar-refractivity contribution is 0.146. The van der Waals surface area contributed by atoms with Crippen LogP contribution in [0.1, 0.15) is 23.6 Å². The van der Waals surface area contributed by atoms with Gasteiger partial charge >= 0.3 is 0 Å². The standard InChI is InChI=1S/C9H9F2NO/c10-9(11)6-3-1-2-5-7(12)4-13-8(5)6/h1-3,7,9H,4,12H2/t7-/m1/s1. The lowest BCUT2D eigenvalue weighted by Crippen LogP contribution is -2.10. The molecule has 0 saturated carbocycles. The van der Waals surface area contributed by atoms with Crippen LogP contribution in [0.25, 0.3) is 0 Å². The van der Waals surface area contributed by atoms with E-state index in [1.165, 1.54) is 6.07 Å². The van der Waals surface area contributed by atoms with Gasteiger partial charge in [-0.2, -0.15) is 0 Å². The molecule has 0 amide bonds. The Bertz CT molecular complexity index is 327. The van der Waals surface area contributed by atoms with Crippen molar-refractivity contribution in [1.29, 1.82) is 0 Å². The Labute approximate surface area is 74.3 Å². The van der Waals surface area contributed by atoms with Crippen LogP contribution in [0.4, 0.5) is 8.78 Å². The van der Waals surface area contributed by atoms with Gasteiger partial charge in [-0.25, -0.2) is 8.78 Å². The fourth-order valence-corrected chi connectivity index (χ4v) is 1.47. The number of hydrogen-bond donors (Lipinski definition) is 1. The van der Waals surface area contributed by atoms with Gasteiger partial charge in [0.15, 0.2) is 0 Å². The molecule has 2 N–H and O–H groups in total. The third-order valence-corrected chi connectivity index (χ3v) is 2.12. The highest BCUT2D eigenvalue weighted by molar-refractivity contribution is 5.46. The van der Waals surface area contributed by atoms with Crippen LogP contribution in [-0.4, -0.2) is 6.61 Å². The minimum Gasteiger partial charge on any atom is -0.491 e. The number of ether oxygens (including phenoxy) is 1. The maximum Gasteiger partial charge on any atom is 0.267 e. The summed E-state index contributed by atoms with van der Waals surface area (Å²) in [5.74, 6) is 0.269. The predicted molar refractivity (Wildman–Crippen MR) is 43.8 cm³/mol. The predicted octanol–water partition coefficient (Wildman–Crippen LogP) is 2.02. The SMILES string of the molecule is N[C@@H]1COc2c(C(F)F)cccc21. The Morgan fingerprint density at radius 2 is 2.23 bits per heavy atom. The van der Waals surface area contributed by atoms with E-state index in [1.54, 1.807) is 12.1 Å². The lowest BCUT2D eigenvalue weighted by Gasteiger charge is -2.05. The molecule has 0 spiro atoms. The van der Waals surface area contributed by atoms with Gasteiger partial charge in [0.2, 0.25) is 0 Å². The number of alkyl halides is 2. The monoisotopic (exact) mass is 185 g/mol. The summed E-state index contributed by atoms with van der Waals surface area (Å²) in [6.45, 7) is 0.291. The number of benzene rings is 1. The molecule has 1 aliphatic heterocycles. The van der Waals surface area contributed by atoms with Crippen molar-refractivity contribution in [1.82, 2.24) is 0 Å². The summed E-state index contributed by atoms with van der Waals surface area (Å²) < 4.78 is 30.0. The van der Waals surface area contributed by atoms with Crippen molar-refractivity contribution in [2.45, 2.75) is 12.5 Å². The van der Waals surface area contributed by atoms with Gasteiger partial charge in [-0.05, 0) is 6.07 Å². The summed E-state index contributed by atoms with van der Waals surface area (Å²) in [6.07, 6.45) is -2.50. The van der Waals surface area contributed by atoms with Crippen LogP contribution in [0, 0.1) is 0 Å². The van der Waals surface area contributed by atoms with Gasteiger partial charge in [0.25, 0.3) is 6.43 Å². The number of fused-ring (bicyclic) bond motifs is 1. The van der Waals surface area contributed by atoms with E-state index in [-0.39, 0.29) is 17.4 Å². The largest absolute Gasteiger partial charge is 0.491 e. The zero-order valence-electron chi connectivity index (χ0n) is 6.84. The van der Waals surface area contributed by atoms with Crippen molar-refractivity contribution in [3.8, 4) is 5.75 Å². The molecule has 1 atom stereocenters. The van der Waals surface area contributed by atoms with Crippen molar-refractivity contribution < 1.29 is 13.5 Å². The highest BCUT2D eigenvalue weighted by Gasteiger charge is 2.26. The first-order valence-electron chi connectivity index (χ1n) is 3.99. The average Bonchev–Trinajstić information content (AvgIpc) is 2.48. The van der Waals surface area contributed by atoms with E-state index in [0.717, 1.165) is 0 Å². The number of nitrogens with two attached hydrogens (primary N) is 1. The number of rotatable bonds is 1. The zero-order valence-corrected chi connectivity index (χ0v) is 6.84. The Morgan fingerprint density at radius 3 is 2.92 bits per heavy atom. The molecule has 0 fully saturated rings. The Balaban J connectivity index is 2.51. The quantitative estimate of drug-likeness (QED) is 0.726. The smallest absolute Gasteiger partial charge is 0.267 e. The van der Waals surface area contributed by atoms with Gasteiger partial charge < -0.3 is 10.5 Å². The molecule has 1 heterocycles. The van der Waals surface area contributed by atoms with E-state index in [2.05, 4.69) is 0 Å². The first-order valence-corrected chi connectivity index (χ1v) is 3.99. The molecule has 2 nitrogen and oxygen atoms in total. The second-order valence-electron chi connectivity index (χ2n) is 2.98. The third-order valence-electron chi connectivity index (χ3n) is 2.12. The molecule has 1 aliphatic rings. The van der Waals surface area contributed by atoms with Crippen LogP contribution in [0.2, 0.25) is 0 Å². The third kappa shape index (κ3) is 1.27. The van der Waals surface area contributed by atoms with E-state index >= 15 is 0 Å². The first kappa shape index (κ1) is 8.44. The van der Waals surface area contributed by atoms with E-state index in [0.29, 0.717) is 12.2 Å². The Kier molecular flexibility index (Phi) is 1.92. The van der Waals surface area contributed by atoms with Crippen LogP contribution < -0.4 is 10.5 Å². The molecule has 1 aromatic rings. The molecule has 0 unspecified atom stereocenters. The van der Waals surface area contributed by atoms with Gasteiger partial charge in [0, 0.05) is 5.56 Å². The van der Waals surface area contributed by atoms with E-state index in [1.807, 2.05) is 0 Å². The van der Waals surface area contributed by atoms with Crippen LogP contribution in [0.3, 0.4) is 0 Å². The van der Waals surface area contributed by atoms with E-state index in [9.17, 15) is 8.78 Å². The average molecular weight is 185 g/mol. The molecule has 0 bridgehead atoms. The molecule has 1 aromatic carbocycles. The van der Waals surface area contributed by atoms with Crippen LogP contribution in [0.5, 0.6) is 5.75 Å². The normalized spacial score (nSPS) is 20.2. The highest BCUT2D eigenvalue weighted by Crippen LogP contribution is 2.38. The number of para-hydroxylation sites is 1. The first-order chi connectivity index (χ1) is 6.20. The van der Waals surface area contributed by atoms with Crippen molar-refractivity contribution in [2.24, 2.45) is 5.73 Å². The summed E-state index contributed by atoms with van der Waals surface area (Å²) in [5, 5.41) is 0. The second-order valence-corrected chi connectivity index (χ2v) is 2.98. The molecule has 0 aromatic heterocycles. The molecule has 13 heavy (non-hydrogen) atoms. The summed E-state index contributed by atoms with van der Waals surface area (Å²) in [7, 11) is 0. The molecule has 4 heteroatoms. The highest BCUT2D eigenvalue weighted by atomic mass is 19.3. The molecular weight excluding hydrogens is 176 g/mol. The topological polar surface area (TPSA) is 35.2 Å². The fraction of sp³-hybridized carbons (Fsp3) is 0.333. The van der Waals surface area contributed by atoms with Crippen LogP contribution >= 0.6 is 0 Å². The van der Waals surface area contributed by atoms with Gasteiger partial charge in [-0.3, -0.25) is 0 Å².